The van der Waals surface area contributed by atoms with Crippen molar-refractivity contribution in [1.82, 2.24) is 0 Å². The van der Waals surface area contributed by atoms with Gasteiger partial charge in [0.2, 0.25) is 5.82 Å². The molecule has 0 N–H and O–H groups in total. The minimum atomic E-state index is -0.795. The van der Waals surface area contributed by atoms with Crippen LogP contribution in [0.25, 0.3) is 0 Å². The van der Waals surface area contributed by atoms with Crippen molar-refractivity contribution in [2.75, 3.05) is 0 Å². The third-order valence-electron chi connectivity index (χ3n) is 1.67. The number of benzene rings is 1. The van der Waals surface area contributed by atoms with Gasteiger partial charge in [0.15, 0.2) is 0 Å². The van der Waals surface area contributed by atoms with Crippen LogP contribution < -0.4 is 0 Å². The first-order valence-electron chi connectivity index (χ1n) is 3.68. The van der Waals surface area contributed by atoms with Crippen LogP contribution in [0.5, 0.6) is 0 Å². The first kappa shape index (κ1) is 10.1. The first-order chi connectivity index (χ1) is 6.06. The fourth-order valence-electron chi connectivity index (χ4n) is 1.09. The van der Waals surface area contributed by atoms with E-state index in [1.54, 1.807) is 13.0 Å². The molecular weight excluding hydrogens is 241 g/mol. The lowest BCUT2D eigenvalue weighted by atomic mass is 10.1. The molecule has 13 heavy (non-hydrogen) atoms. The van der Waals surface area contributed by atoms with E-state index in [0.717, 1.165) is 6.07 Å². The predicted molar refractivity (Wildman–Crippen MR) is 50.1 cm³/mol. The molecule has 0 spiro atoms. The summed E-state index contributed by atoms with van der Waals surface area (Å²) in [6.45, 7) is 1.74. The summed E-state index contributed by atoms with van der Waals surface area (Å²) in [7, 11) is 0. The highest BCUT2D eigenvalue weighted by Gasteiger charge is 2.19. The lowest BCUT2D eigenvalue weighted by Crippen LogP contribution is -1.98. The molecule has 0 amide bonds. The Labute approximate surface area is 82.8 Å². The Kier molecular flexibility index (Phi) is 2.98. The van der Waals surface area contributed by atoms with Crippen LogP contribution >= 0.6 is 15.9 Å². The van der Waals surface area contributed by atoms with Crippen LogP contribution in [0.1, 0.15) is 12.5 Å². The molecule has 0 bridgehead atoms. The molecular formula is C8H7BrFNO2. The van der Waals surface area contributed by atoms with Gasteiger partial charge in [-0.05, 0) is 18.6 Å². The fraction of sp³-hybridized carbons (Fsp3) is 0.250. The molecule has 0 aliphatic carbocycles. The summed E-state index contributed by atoms with van der Waals surface area (Å²) in [6.07, 6.45) is 0.437. The van der Waals surface area contributed by atoms with Crippen LogP contribution in [-0.2, 0) is 6.42 Å². The number of rotatable bonds is 2. The lowest BCUT2D eigenvalue weighted by Gasteiger charge is -2.01. The number of nitrogens with zero attached hydrogens (tertiary/aromatic N) is 1. The second kappa shape index (κ2) is 3.83. The van der Waals surface area contributed by atoms with Crippen molar-refractivity contribution in [1.29, 1.82) is 0 Å². The molecule has 70 valence electrons. The van der Waals surface area contributed by atoms with E-state index in [2.05, 4.69) is 15.9 Å². The molecule has 1 rings (SSSR count). The third kappa shape index (κ3) is 2.03. The molecule has 5 heteroatoms. The Balaban J connectivity index is 3.38. The summed E-state index contributed by atoms with van der Waals surface area (Å²) in [4.78, 5) is 9.77. The predicted octanol–water partition coefficient (Wildman–Crippen LogP) is 3.06. The average Bonchev–Trinajstić information content (AvgIpc) is 2.01. The maximum Gasteiger partial charge on any atom is 0.307 e. The van der Waals surface area contributed by atoms with Crippen LogP contribution in [0, 0.1) is 15.9 Å². The van der Waals surface area contributed by atoms with Crippen LogP contribution in [0.2, 0.25) is 0 Å². The van der Waals surface area contributed by atoms with Gasteiger partial charge in [0.05, 0.1) is 4.92 Å². The van der Waals surface area contributed by atoms with E-state index in [9.17, 15) is 14.5 Å². The number of hydrogen-bond acceptors (Lipinski definition) is 2. The van der Waals surface area contributed by atoms with E-state index < -0.39 is 16.4 Å². The van der Waals surface area contributed by atoms with Gasteiger partial charge >= 0.3 is 5.69 Å². The van der Waals surface area contributed by atoms with E-state index in [-0.39, 0.29) is 0 Å². The zero-order valence-corrected chi connectivity index (χ0v) is 8.47. The van der Waals surface area contributed by atoms with E-state index >= 15 is 0 Å². The largest absolute Gasteiger partial charge is 0.307 e. The van der Waals surface area contributed by atoms with Crippen molar-refractivity contribution in [2.24, 2.45) is 0 Å². The van der Waals surface area contributed by atoms with Crippen LogP contribution in [-0.4, -0.2) is 4.92 Å². The summed E-state index contributed by atoms with van der Waals surface area (Å²) < 4.78 is 13.6. The van der Waals surface area contributed by atoms with Crippen molar-refractivity contribution >= 4 is 21.6 Å². The zero-order valence-electron chi connectivity index (χ0n) is 6.88. The van der Waals surface area contributed by atoms with Crippen molar-refractivity contribution in [3.63, 3.8) is 0 Å². The number of halogens is 2. The van der Waals surface area contributed by atoms with E-state index in [1.165, 1.54) is 0 Å². The number of aryl methyl sites for hydroxylation is 1. The maximum absolute atomic E-state index is 13.1. The Bertz CT molecular complexity index is 354. The molecule has 0 aromatic heterocycles. The SMILES string of the molecule is CCc1cc(Br)cc(F)c1[N+](=O)[O-]. The van der Waals surface area contributed by atoms with Gasteiger partial charge in [-0.25, -0.2) is 0 Å². The minimum Gasteiger partial charge on any atom is -0.258 e. The highest BCUT2D eigenvalue weighted by molar-refractivity contribution is 9.10. The molecule has 0 aliphatic rings. The quantitative estimate of drug-likeness (QED) is 0.596. The van der Waals surface area contributed by atoms with Gasteiger partial charge in [-0.1, -0.05) is 22.9 Å². The van der Waals surface area contributed by atoms with Gasteiger partial charge in [0.25, 0.3) is 0 Å². The van der Waals surface area contributed by atoms with Crippen molar-refractivity contribution in [3.8, 4) is 0 Å². The highest BCUT2D eigenvalue weighted by Crippen LogP contribution is 2.27. The minimum absolute atomic E-state index is 0.400. The monoisotopic (exact) mass is 247 g/mol. The second-order valence-electron chi connectivity index (χ2n) is 2.51. The first-order valence-corrected chi connectivity index (χ1v) is 4.48. The van der Waals surface area contributed by atoms with Gasteiger partial charge in [0.1, 0.15) is 0 Å². The van der Waals surface area contributed by atoms with Crippen molar-refractivity contribution in [3.05, 3.63) is 38.1 Å². The lowest BCUT2D eigenvalue weighted by molar-refractivity contribution is -0.388. The Morgan fingerprint density at radius 3 is 2.69 bits per heavy atom. The summed E-state index contributed by atoms with van der Waals surface area (Å²) >= 11 is 3.07. The van der Waals surface area contributed by atoms with Crippen LogP contribution in [0.15, 0.2) is 16.6 Å². The highest BCUT2D eigenvalue weighted by atomic mass is 79.9. The van der Waals surface area contributed by atoms with Crippen molar-refractivity contribution < 1.29 is 9.31 Å². The van der Waals surface area contributed by atoms with E-state index in [1.807, 2.05) is 0 Å². The molecule has 0 saturated heterocycles. The number of hydrogen-bond donors (Lipinski definition) is 0. The van der Waals surface area contributed by atoms with E-state index in [4.69, 9.17) is 0 Å². The van der Waals surface area contributed by atoms with Gasteiger partial charge < -0.3 is 0 Å². The molecule has 0 fully saturated rings. The Morgan fingerprint density at radius 1 is 1.62 bits per heavy atom. The van der Waals surface area contributed by atoms with E-state index in [0.29, 0.717) is 16.5 Å². The van der Waals surface area contributed by atoms with Crippen molar-refractivity contribution in [2.45, 2.75) is 13.3 Å². The molecule has 0 saturated carbocycles. The number of nitro groups is 1. The van der Waals surface area contributed by atoms with Crippen LogP contribution in [0.4, 0.5) is 10.1 Å². The van der Waals surface area contributed by atoms with Crippen LogP contribution in [0.3, 0.4) is 0 Å². The fourth-order valence-corrected chi connectivity index (χ4v) is 1.57. The molecule has 1 aromatic rings. The molecule has 3 nitrogen and oxygen atoms in total. The molecule has 0 radical (unpaired) electrons. The normalized spacial score (nSPS) is 10.1. The van der Waals surface area contributed by atoms with Gasteiger partial charge in [0, 0.05) is 10.0 Å². The second-order valence-corrected chi connectivity index (χ2v) is 3.42. The number of nitro benzene ring substituents is 1. The standard InChI is InChI=1S/C8H7BrFNO2/c1-2-5-3-6(9)4-7(10)8(5)11(12)13/h3-4H,2H2,1H3. The topological polar surface area (TPSA) is 43.1 Å². The summed E-state index contributed by atoms with van der Waals surface area (Å²) in [5.74, 6) is -0.795. The van der Waals surface area contributed by atoms with Gasteiger partial charge in [-0.2, -0.15) is 4.39 Å². The molecule has 0 heterocycles. The smallest absolute Gasteiger partial charge is 0.258 e. The summed E-state index contributed by atoms with van der Waals surface area (Å²) in [5, 5.41) is 10.5. The molecule has 0 aliphatic heterocycles. The van der Waals surface area contributed by atoms with Gasteiger partial charge in [-0.15, -0.1) is 0 Å². The average molecular weight is 248 g/mol. The Morgan fingerprint density at radius 2 is 2.23 bits per heavy atom. The molecule has 1 aromatic carbocycles. The zero-order chi connectivity index (χ0) is 10.0. The summed E-state index contributed by atoms with van der Waals surface area (Å²) in [6, 6.07) is 2.65. The molecule has 0 unspecified atom stereocenters. The molecule has 0 atom stereocenters. The Hall–Kier alpha value is -0.970. The summed E-state index contributed by atoms with van der Waals surface area (Å²) in [5.41, 5.74) is -0.0254. The van der Waals surface area contributed by atoms with Gasteiger partial charge in [-0.3, -0.25) is 10.1 Å². The third-order valence-corrected chi connectivity index (χ3v) is 2.13. The maximum atomic E-state index is 13.1.